The van der Waals surface area contributed by atoms with Crippen LogP contribution in [0.4, 0.5) is 0 Å². The molecule has 1 N–H and O–H groups in total. The molecule has 26 heavy (non-hydrogen) atoms. The largest absolute Gasteiger partial charge is 0.387 e. The minimum absolute atomic E-state index is 0.184. The van der Waals surface area contributed by atoms with E-state index in [1.807, 2.05) is 54.6 Å². The van der Waals surface area contributed by atoms with Crippen molar-refractivity contribution in [2.45, 2.75) is 12.6 Å². The van der Waals surface area contributed by atoms with Gasteiger partial charge in [-0.1, -0.05) is 58.4 Å². The first-order valence-corrected chi connectivity index (χ1v) is 8.99. The third kappa shape index (κ3) is 3.21. The van der Waals surface area contributed by atoms with Gasteiger partial charge in [0.1, 0.15) is 5.52 Å². The molecule has 0 radical (unpaired) electrons. The molecule has 130 valence electrons. The van der Waals surface area contributed by atoms with Crippen molar-refractivity contribution in [3.05, 3.63) is 93.4 Å². The van der Waals surface area contributed by atoms with Gasteiger partial charge in [-0.3, -0.25) is 4.79 Å². The fourth-order valence-corrected chi connectivity index (χ4v) is 3.33. The predicted octanol–water partition coefficient (Wildman–Crippen LogP) is 3.66. The third-order valence-electron chi connectivity index (χ3n) is 4.28. The minimum Gasteiger partial charge on any atom is -0.387 e. The highest BCUT2D eigenvalue weighted by Crippen LogP contribution is 2.22. The van der Waals surface area contributed by atoms with E-state index in [4.69, 9.17) is 0 Å². The van der Waals surface area contributed by atoms with Gasteiger partial charge >= 0.3 is 0 Å². The summed E-state index contributed by atoms with van der Waals surface area (Å²) in [5.74, 6) is 0. The van der Waals surface area contributed by atoms with E-state index >= 15 is 0 Å². The van der Waals surface area contributed by atoms with Gasteiger partial charge in [0.2, 0.25) is 0 Å². The van der Waals surface area contributed by atoms with Gasteiger partial charge in [-0.25, -0.2) is 4.52 Å². The monoisotopic (exact) mass is 409 g/mol. The summed E-state index contributed by atoms with van der Waals surface area (Å²) in [5, 5.41) is 14.9. The van der Waals surface area contributed by atoms with E-state index in [1.165, 1.54) is 4.57 Å². The molecule has 4 rings (SSSR count). The van der Waals surface area contributed by atoms with E-state index in [0.717, 1.165) is 21.3 Å². The highest BCUT2D eigenvalue weighted by atomic mass is 79.9. The molecular weight excluding hydrogens is 394 g/mol. The van der Waals surface area contributed by atoms with E-state index in [9.17, 15) is 9.90 Å². The summed E-state index contributed by atoms with van der Waals surface area (Å²) in [5.41, 5.74) is 2.73. The lowest BCUT2D eigenvalue weighted by molar-refractivity contribution is 0.155. The first kappa shape index (κ1) is 16.8. The molecular formula is C20H16BrN3O2. The Kier molecular flexibility index (Phi) is 4.44. The second-order valence-electron chi connectivity index (χ2n) is 6.05. The Labute approximate surface area is 158 Å². The Bertz CT molecular complexity index is 1120. The van der Waals surface area contributed by atoms with Gasteiger partial charge in [0.15, 0.2) is 0 Å². The van der Waals surface area contributed by atoms with Crippen molar-refractivity contribution >= 4 is 21.4 Å². The van der Waals surface area contributed by atoms with Crippen LogP contribution in [0.25, 0.3) is 16.8 Å². The van der Waals surface area contributed by atoms with Gasteiger partial charge in [0.25, 0.3) is 5.56 Å². The van der Waals surface area contributed by atoms with Crippen LogP contribution in [0.1, 0.15) is 11.7 Å². The van der Waals surface area contributed by atoms with Crippen molar-refractivity contribution in [2.75, 3.05) is 0 Å². The van der Waals surface area contributed by atoms with Crippen LogP contribution in [0.3, 0.4) is 0 Å². The van der Waals surface area contributed by atoms with Gasteiger partial charge in [-0.2, -0.15) is 5.10 Å². The van der Waals surface area contributed by atoms with Crippen LogP contribution >= 0.6 is 15.9 Å². The fourth-order valence-electron chi connectivity index (χ4n) is 2.93. The van der Waals surface area contributed by atoms with Crippen LogP contribution in [0.2, 0.25) is 0 Å². The SMILES string of the molecule is O=c1c2cc(-c3cccc(Br)c3)nn2ccn1C[C@H](O)c1ccccc1. The molecule has 2 heterocycles. The zero-order valence-corrected chi connectivity index (χ0v) is 15.4. The van der Waals surface area contributed by atoms with E-state index in [2.05, 4.69) is 21.0 Å². The van der Waals surface area contributed by atoms with Gasteiger partial charge in [0.05, 0.1) is 18.3 Å². The molecule has 6 heteroatoms. The van der Waals surface area contributed by atoms with Crippen molar-refractivity contribution in [1.29, 1.82) is 0 Å². The number of fused-ring (bicyclic) bond motifs is 1. The Hall–Kier alpha value is -2.70. The summed E-state index contributed by atoms with van der Waals surface area (Å²) in [6.45, 7) is 0.191. The topological polar surface area (TPSA) is 59.5 Å². The van der Waals surface area contributed by atoms with E-state index in [1.54, 1.807) is 23.0 Å². The van der Waals surface area contributed by atoms with Crippen LogP contribution in [0, 0.1) is 0 Å². The van der Waals surface area contributed by atoms with Crippen molar-refractivity contribution in [3.8, 4) is 11.3 Å². The molecule has 0 fully saturated rings. The lowest BCUT2D eigenvalue weighted by Crippen LogP contribution is -2.24. The molecule has 0 spiro atoms. The number of benzene rings is 2. The number of aliphatic hydroxyl groups is 1. The summed E-state index contributed by atoms with van der Waals surface area (Å²) in [4.78, 5) is 12.8. The van der Waals surface area contributed by atoms with E-state index in [0.29, 0.717) is 5.52 Å². The molecule has 0 aliphatic rings. The number of aliphatic hydroxyl groups excluding tert-OH is 1. The van der Waals surface area contributed by atoms with Crippen LogP contribution in [0.5, 0.6) is 0 Å². The standard InChI is InChI=1S/C20H16BrN3O2/c21-16-8-4-7-15(11-16)17-12-18-20(26)23(9-10-24(18)22-17)13-19(25)14-5-2-1-3-6-14/h1-12,19,25H,13H2/t19-/m0/s1. The number of hydrogen-bond acceptors (Lipinski definition) is 3. The molecule has 0 unspecified atom stereocenters. The Balaban J connectivity index is 1.70. The number of nitrogens with zero attached hydrogens (tertiary/aromatic N) is 3. The molecule has 0 amide bonds. The lowest BCUT2D eigenvalue weighted by atomic mass is 10.1. The first-order chi connectivity index (χ1) is 12.6. The Morgan fingerprint density at radius 1 is 1.04 bits per heavy atom. The molecule has 1 atom stereocenters. The average Bonchev–Trinajstić information content (AvgIpc) is 3.10. The number of halogens is 1. The van der Waals surface area contributed by atoms with Gasteiger partial charge < -0.3 is 9.67 Å². The highest BCUT2D eigenvalue weighted by molar-refractivity contribution is 9.10. The van der Waals surface area contributed by atoms with Gasteiger partial charge in [0, 0.05) is 22.4 Å². The van der Waals surface area contributed by atoms with E-state index in [-0.39, 0.29) is 12.1 Å². The van der Waals surface area contributed by atoms with Crippen LogP contribution in [-0.4, -0.2) is 19.3 Å². The van der Waals surface area contributed by atoms with Gasteiger partial charge in [-0.15, -0.1) is 0 Å². The molecule has 2 aromatic heterocycles. The first-order valence-electron chi connectivity index (χ1n) is 8.19. The highest BCUT2D eigenvalue weighted by Gasteiger charge is 2.13. The normalized spacial score (nSPS) is 12.4. The number of rotatable bonds is 4. The molecule has 0 saturated carbocycles. The molecule has 2 aromatic carbocycles. The number of aromatic nitrogens is 3. The molecule has 0 aliphatic heterocycles. The molecule has 0 saturated heterocycles. The molecule has 4 aromatic rings. The molecule has 5 nitrogen and oxygen atoms in total. The Morgan fingerprint density at radius 2 is 1.85 bits per heavy atom. The second kappa shape index (κ2) is 6.90. The second-order valence-corrected chi connectivity index (χ2v) is 6.97. The Morgan fingerprint density at radius 3 is 2.62 bits per heavy atom. The van der Waals surface area contributed by atoms with E-state index < -0.39 is 6.10 Å². The molecule has 0 bridgehead atoms. The maximum Gasteiger partial charge on any atom is 0.276 e. The summed E-state index contributed by atoms with van der Waals surface area (Å²) in [6, 6.07) is 18.9. The minimum atomic E-state index is -0.746. The number of hydrogen-bond donors (Lipinski definition) is 1. The smallest absolute Gasteiger partial charge is 0.276 e. The van der Waals surface area contributed by atoms with Crippen molar-refractivity contribution in [3.63, 3.8) is 0 Å². The van der Waals surface area contributed by atoms with Crippen LogP contribution in [-0.2, 0) is 6.54 Å². The van der Waals surface area contributed by atoms with Crippen molar-refractivity contribution in [1.82, 2.24) is 14.2 Å². The maximum absolute atomic E-state index is 12.8. The van der Waals surface area contributed by atoms with Crippen LogP contribution < -0.4 is 5.56 Å². The quantitative estimate of drug-likeness (QED) is 0.559. The lowest BCUT2D eigenvalue weighted by Gasteiger charge is -2.13. The molecule has 0 aliphatic carbocycles. The van der Waals surface area contributed by atoms with Crippen molar-refractivity contribution < 1.29 is 5.11 Å². The van der Waals surface area contributed by atoms with Crippen LogP contribution in [0.15, 0.2) is 82.3 Å². The summed E-state index contributed by atoms with van der Waals surface area (Å²) in [6.07, 6.45) is 2.64. The fraction of sp³-hybridized carbons (Fsp3) is 0.100. The van der Waals surface area contributed by atoms with Gasteiger partial charge in [-0.05, 0) is 23.8 Å². The summed E-state index contributed by atoms with van der Waals surface area (Å²) in [7, 11) is 0. The third-order valence-corrected chi connectivity index (χ3v) is 4.77. The predicted molar refractivity (Wildman–Crippen MR) is 104 cm³/mol. The van der Waals surface area contributed by atoms with Crippen molar-refractivity contribution in [2.24, 2.45) is 0 Å². The summed E-state index contributed by atoms with van der Waals surface area (Å²) >= 11 is 3.45. The maximum atomic E-state index is 12.8. The summed E-state index contributed by atoms with van der Waals surface area (Å²) < 4.78 is 4.04. The zero-order valence-electron chi connectivity index (χ0n) is 13.8. The average molecular weight is 410 g/mol. The zero-order chi connectivity index (χ0) is 18.1.